The molecule has 0 radical (unpaired) electrons. The van der Waals surface area contributed by atoms with Crippen LogP contribution in [0, 0.1) is 5.41 Å². The van der Waals surface area contributed by atoms with Gasteiger partial charge in [0.25, 0.3) is 11.8 Å². The molecule has 2 saturated heterocycles. The lowest BCUT2D eigenvalue weighted by Gasteiger charge is -2.54. The van der Waals surface area contributed by atoms with Crippen molar-refractivity contribution >= 4 is 29.5 Å². The average Bonchev–Trinajstić information content (AvgIpc) is 2.55. The number of thioether (sulfide) groups is 1. The molecular weight excluding hydrogens is 332 g/mol. The first-order valence-corrected chi connectivity index (χ1v) is 8.57. The minimum absolute atomic E-state index is 0.145. The van der Waals surface area contributed by atoms with Crippen LogP contribution < -0.4 is 4.84 Å². The van der Waals surface area contributed by atoms with E-state index >= 15 is 0 Å². The lowest BCUT2D eigenvalue weighted by molar-refractivity contribution is -0.192. The van der Waals surface area contributed by atoms with Gasteiger partial charge in [-0.3, -0.25) is 14.4 Å². The molecule has 0 bridgehead atoms. The van der Waals surface area contributed by atoms with E-state index in [9.17, 15) is 19.5 Å². The van der Waals surface area contributed by atoms with E-state index in [0.29, 0.717) is 11.5 Å². The topological polar surface area (TPSA) is 87.2 Å². The molecule has 0 aromatic heterocycles. The number of carboxylic acid groups (broad SMARTS) is 1. The van der Waals surface area contributed by atoms with Crippen molar-refractivity contribution in [3.05, 3.63) is 30.3 Å². The summed E-state index contributed by atoms with van der Waals surface area (Å²) < 4.78 is 0. The number of rotatable bonds is 4. The molecule has 3 atom stereocenters. The fourth-order valence-electron chi connectivity index (χ4n) is 2.80. The van der Waals surface area contributed by atoms with Gasteiger partial charge in [-0.05, 0) is 19.1 Å². The number of hydrogen-bond acceptors (Lipinski definition) is 5. The van der Waals surface area contributed by atoms with Crippen molar-refractivity contribution in [3.63, 3.8) is 0 Å². The van der Waals surface area contributed by atoms with Crippen LogP contribution in [-0.4, -0.2) is 56.6 Å². The smallest absolute Gasteiger partial charge is 0.312 e. The minimum Gasteiger partial charge on any atom is -0.481 e. The summed E-state index contributed by atoms with van der Waals surface area (Å²) in [6, 6.07) is 8.04. The maximum absolute atomic E-state index is 12.5. The van der Waals surface area contributed by atoms with Crippen LogP contribution in [0.4, 0.5) is 0 Å². The number of carbonyl (C=O) groups is 3. The molecule has 24 heavy (non-hydrogen) atoms. The highest BCUT2D eigenvalue weighted by Crippen LogP contribution is 2.43. The third-order valence-electron chi connectivity index (χ3n) is 4.23. The number of para-hydroxylation sites is 1. The Kier molecular flexibility index (Phi) is 4.16. The molecule has 2 heterocycles. The summed E-state index contributed by atoms with van der Waals surface area (Å²) in [5, 5.41) is 10.1. The van der Waals surface area contributed by atoms with Crippen LogP contribution in [0.1, 0.15) is 13.8 Å². The number of amides is 2. The number of carboxylic acids is 1. The molecule has 1 aromatic carbocycles. The van der Waals surface area contributed by atoms with E-state index in [-0.39, 0.29) is 23.7 Å². The number of fused-ring (bicyclic) bond motifs is 1. The first-order valence-electron chi connectivity index (χ1n) is 7.52. The fourth-order valence-corrected chi connectivity index (χ4v) is 4.32. The maximum atomic E-state index is 12.5. The molecule has 2 aliphatic rings. The second-order valence-electron chi connectivity index (χ2n) is 6.23. The van der Waals surface area contributed by atoms with E-state index < -0.39 is 17.4 Å². The zero-order valence-electron chi connectivity index (χ0n) is 13.3. The number of aliphatic carboxylic acids is 1. The molecule has 7 nitrogen and oxygen atoms in total. The number of hydrogen-bond donors (Lipinski definition) is 1. The van der Waals surface area contributed by atoms with Gasteiger partial charge in [0.15, 0.2) is 11.8 Å². The van der Waals surface area contributed by atoms with Gasteiger partial charge in [0, 0.05) is 19.2 Å². The number of nitrogens with zero attached hydrogens (tertiary/aromatic N) is 2. The first-order chi connectivity index (χ1) is 11.3. The van der Waals surface area contributed by atoms with Gasteiger partial charge in [-0.1, -0.05) is 18.2 Å². The summed E-state index contributed by atoms with van der Waals surface area (Å²) in [6.45, 7) is 3.11. The van der Waals surface area contributed by atoms with Gasteiger partial charge in [-0.25, -0.2) is 0 Å². The number of carbonyl (C=O) groups excluding carboxylic acids is 2. The average molecular weight is 350 g/mol. The minimum atomic E-state index is -0.969. The third kappa shape index (κ3) is 2.71. The molecule has 0 aliphatic carbocycles. The number of β-lactam (4-membered cyclic amide) rings is 1. The predicted octanol–water partition coefficient (Wildman–Crippen LogP) is 1.20. The second-order valence-corrected chi connectivity index (χ2v) is 7.33. The predicted molar refractivity (Wildman–Crippen MR) is 87.1 cm³/mol. The van der Waals surface area contributed by atoms with Crippen molar-refractivity contribution in [3.8, 4) is 5.75 Å². The van der Waals surface area contributed by atoms with Gasteiger partial charge in [-0.2, -0.15) is 5.06 Å². The van der Waals surface area contributed by atoms with Crippen molar-refractivity contribution in [1.82, 2.24) is 9.96 Å². The van der Waals surface area contributed by atoms with E-state index in [1.807, 2.05) is 6.07 Å². The number of hydroxylamine groups is 2. The zero-order valence-corrected chi connectivity index (χ0v) is 14.2. The summed E-state index contributed by atoms with van der Waals surface area (Å²) in [7, 11) is 0. The van der Waals surface area contributed by atoms with Gasteiger partial charge >= 0.3 is 5.97 Å². The normalized spacial score (nSPS) is 28.6. The molecule has 0 spiro atoms. The Balaban J connectivity index is 1.76. The largest absolute Gasteiger partial charge is 0.481 e. The molecule has 2 aliphatic heterocycles. The van der Waals surface area contributed by atoms with Gasteiger partial charge < -0.3 is 14.8 Å². The summed E-state index contributed by atoms with van der Waals surface area (Å²) in [5.74, 6) is -0.733. The molecule has 1 aromatic rings. The van der Waals surface area contributed by atoms with E-state index in [2.05, 4.69) is 0 Å². The van der Waals surface area contributed by atoms with Crippen LogP contribution in [0.5, 0.6) is 5.75 Å². The van der Waals surface area contributed by atoms with Gasteiger partial charge in [0.2, 0.25) is 0 Å². The van der Waals surface area contributed by atoms with Gasteiger partial charge in [-0.15, -0.1) is 11.8 Å². The molecule has 1 N–H and O–H groups in total. The second kappa shape index (κ2) is 6.01. The molecule has 8 heteroatoms. The fraction of sp³-hybridized carbons (Fsp3) is 0.438. The lowest BCUT2D eigenvalue weighted by atomic mass is 9.89. The van der Waals surface area contributed by atoms with E-state index in [0.717, 1.165) is 5.06 Å². The highest BCUT2D eigenvalue weighted by Gasteiger charge is 2.59. The van der Waals surface area contributed by atoms with Crippen LogP contribution in [0.15, 0.2) is 30.3 Å². The lowest BCUT2D eigenvalue weighted by Crippen LogP contribution is -2.74. The Morgan fingerprint density at radius 2 is 2.04 bits per heavy atom. The molecular formula is C16H18N2O5S. The Morgan fingerprint density at radius 1 is 1.38 bits per heavy atom. The van der Waals surface area contributed by atoms with Crippen LogP contribution in [0.2, 0.25) is 0 Å². The highest BCUT2D eigenvalue weighted by atomic mass is 32.2. The van der Waals surface area contributed by atoms with E-state index in [4.69, 9.17) is 4.84 Å². The Morgan fingerprint density at radius 3 is 2.62 bits per heavy atom. The highest BCUT2D eigenvalue weighted by molar-refractivity contribution is 8.00. The Hall–Kier alpha value is -2.22. The van der Waals surface area contributed by atoms with Crippen molar-refractivity contribution in [2.45, 2.75) is 25.3 Å². The summed E-state index contributed by atoms with van der Waals surface area (Å²) in [4.78, 5) is 43.0. The number of benzene rings is 1. The molecule has 2 unspecified atom stereocenters. The Labute approximate surface area is 143 Å². The maximum Gasteiger partial charge on any atom is 0.312 e. The van der Waals surface area contributed by atoms with Crippen molar-refractivity contribution in [2.75, 3.05) is 12.3 Å². The van der Waals surface area contributed by atoms with E-state index in [1.54, 1.807) is 31.2 Å². The third-order valence-corrected chi connectivity index (χ3v) is 5.89. The van der Waals surface area contributed by atoms with Crippen LogP contribution in [0.3, 0.4) is 0 Å². The summed E-state index contributed by atoms with van der Waals surface area (Å²) in [6.07, 6.45) is 0. The molecule has 3 rings (SSSR count). The van der Waals surface area contributed by atoms with Crippen molar-refractivity contribution in [2.24, 2.45) is 5.41 Å². The molecule has 2 amide bonds. The molecule has 128 valence electrons. The zero-order chi connectivity index (χ0) is 17.5. The summed E-state index contributed by atoms with van der Waals surface area (Å²) >= 11 is 1.37. The monoisotopic (exact) mass is 350 g/mol. The first kappa shape index (κ1) is 16.6. The standard InChI is InChI=1S/C16H18N2O5S/c1-10(19)18(23-11-6-4-3-5-7-11)12-13(20)17-8-16(2,15(21)22)9-24-14(12)17/h3-7,12,14H,8-9H2,1-2H3,(H,21,22)/t12?,14-,16?/m1/s1. The van der Waals surface area contributed by atoms with Gasteiger partial charge in [0.05, 0.1) is 5.41 Å². The van der Waals surface area contributed by atoms with E-state index in [1.165, 1.54) is 23.6 Å². The molecule has 0 saturated carbocycles. The van der Waals surface area contributed by atoms with Crippen molar-refractivity contribution in [1.29, 1.82) is 0 Å². The molecule has 2 fully saturated rings. The van der Waals surface area contributed by atoms with Crippen LogP contribution in [0.25, 0.3) is 0 Å². The summed E-state index contributed by atoms with van der Waals surface area (Å²) in [5.41, 5.74) is -0.969. The Bertz CT molecular complexity index is 682. The quantitative estimate of drug-likeness (QED) is 0.649. The van der Waals surface area contributed by atoms with Crippen LogP contribution in [-0.2, 0) is 14.4 Å². The van der Waals surface area contributed by atoms with Crippen molar-refractivity contribution < 1.29 is 24.3 Å². The SMILES string of the molecule is CC(=O)N(Oc1ccccc1)C1C(=O)N2CC(C)(C(=O)O)CS[C@H]12. The van der Waals surface area contributed by atoms with Crippen LogP contribution >= 0.6 is 11.8 Å². The van der Waals surface area contributed by atoms with Gasteiger partial charge in [0.1, 0.15) is 5.37 Å².